The van der Waals surface area contributed by atoms with Crippen LogP contribution in [0.5, 0.6) is 0 Å². The topological polar surface area (TPSA) is 37.1 Å². The minimum atomic E-state index is 0.831. The molecule has 2 aliphatic heterocycles. The fourth-order valence-electron chi connectivity index (χ4n) is 0.641. The van der Waals surface area contributed by atoms with Crippen molar-refractivity contribution in [3.63, 3.8) is 0 Å². The van der Waals surface area contributed by atoms with Gasteiger partial charge in [-0.25, -0.2) is 4.99 Å². The smallest absolute Gasteiger partial charge is 0.236 e. The summed E-state index contributed by atoms with van der Waals surface area (Å²) in [6.45, 7) is 0. The van der Waals surface area contributed by atoms with Gasteiger partial charge in [-0.05, 0) is 10.2 Å². The van der Waals surface area contributed by atoms with Crippen LogP contribution >= 0.6 is 0 Å². The quantitative estimate of drug-likeness (QED) is 0.432. The highest BCUT2D eigenvalue weighted by Gasteiger charge is 2.22. The minimum Gasteiger partial charge on any atom is -0.236 e. The van der Waals surface area contributed by atoms with Crippen molar-refractivity contribution in [1.29, 1.82) is 0 Å². The van der Waals surface area contributed by atoms with Gasteiger partial charge in [0, 0.05) is 0 Å². The van der Waals surface area contributed by atoms with E-state index in [0.29, 0.717) is 0 Å². The molecule has 0 aromatic carbocycles. The zero-order valence-corrected chi connectivity index (χ0v) is 4.65. The van der Waals surface area contributed by atoms with Gasteiger partial charge in [-0.1, -0.05) is 0 Å². The highest BCUT2D eigenvalue weighted by Crippen LogP contribution is 2.23. The molecule has 2 aliphatic rings. The molecule has 0 fully saturated rings. The fourth-order valence-corrected chi connectivity index (χ4v) is 0.641. The number of nitrogens with zero attached hydrogens (tertiary/aromatic N) is 3. The van der Waals surface area contributed by atoms with Gasteiger partial charge in [-0.3, -0.25) is 0 Å². The minimum absolute atomic E-state index is 0.831. The summed E-state index contributed by atoms with van der Waals surface area (Å²) in [5.41, 5.74) is 1.05. The number of aliphatic imine (C=N–C) groups is 1. The molecule has 0 aliphatic carbocycles. The van der Waals surface area contributed by atoms with Crippen LogP contribution < -0.4 is 0 Å². The van der Waals surface area contributed by atoms with E-state index in [1.54, 1.807) is 12.4 Å². The third kappa shape index (κ3) is 0.762. The monoisotopic (exact) mass is 118 g/mol. The first-order chi connectivity index (χ1) is 4.47. The van der Waals surface area contributed by atoms with E-state index in [1.807, 2.05) is 12.5 Å². The van der Waals surface area contributed by atoms with E-state index in [1.165, 1.54) is 0 Å². The molecule has 42 valence electrons. The van der Waals surface area contributed by atoms with E-state index in [0.717, 1.165) is 11.4 Å². The SMILES string of the molecule is C1=CC(=C2N=N2)[CH+]C=N1. The van der Waals surface area contributed by atoms with E-state index >= 15 is 0 Å². The molecule has 0 N–H and O–H groups in total. The Bertz CT molecular complexity index is 237. The Morgan fingerprint density at radius 1 is 1.33 bits per heavy atom. The second-order valence-corrected chi connectivity index (χ2v) is 1.76. The number of allylic oxidation sites excluding steroid dienone is 2. The molecular weight excluding hydrogens is 114 g/mol. The molecule has 0 bridgehead atoms. The first-order valence-corrected chi connectivity index (χ1v) is 2.66. The molecule has 0 saturated carbocycles. The Morgan fingerprint density at radius 3 is 2.78 bits per heavy atom. The van der Waals surface area contributed by atoms with Crippen LogP contribution in [0.3, 0.4) is 0 Å². The first kappa shape index (κ1) is 4.49. The average molecular weight is 118 g/mol. The van der Waals surface area contributed by atoms with E-state index in [-0.39, 0.29) is 0 Å². The van der Waals surface area contributed by atoms with Gasteiger partial charge in [0.1, 0.15) is 0 Å². The molecule has 3 heteroatoms. The molecule has 9 heavy (non-hydrogen) atoms. The predicted octanol–water partition coefficient (Wildman–Crippen LogP) is 1.47. The number of hydrogen-bond acceptors (Lipinski definition) is 3. The van der Waals surface area contributed by atoms with Gasteiger partial charge in [-0.2, -0.15) is 0 Å². The number of hydrogen-bond donors (Lipinski definition) is 0. The molecular formula is C6H4N3+. The maximum Gasteiger partial charge on any atom is 0.313 e. The Labute approximate surface area is 52.5 Å². The van der Waals surface area contributed by atoms with Crippen LogP contribution in [0.2, 0.25) is 0 Å². The van der Waals surface area contributed by atoms with Crippen molar-refractivity contribution in [2.24, 2.45) is 15.2 Å². The molecule has 3 nitrogen and oxygen atoms in total. The average Bonchev–Trinajstić information content (AvgIpc) is 2.71. The lowest BCUT2D eigenvalue weighted by atomic mass is 10.2. The third-order valence-corrected chi connectivity index (χ3v) is 1.14. The predicted molar refractivity (Wildman–Crippen MR) is 33.8 cm³/mol. The lowest BCUT2D eigenvalue weighted by molar-refractivity contribution is 1.43. The molecule has 2 heterocycles. The Kier molecular flexibility index (Phi) is 0.773. The molecule has 2 rings (SSSR count). The fraction of sp³-hybridized carbons (Fsp3) is 0. The molecule has 0 aromatic heterocycles. The van der Waals surface area contributed by atoms with Crippen molar-refractivity contribution in [1.82, 2.24) is 0 Å². The van der Waals surface area contributed by atoms with Crippen LogP contribution in [-0.4, -0.2) is 6.21 Å². The number of rotatable bonds is 0. The molecule has 0 atom stereocenters. The third-order valence-electron chi connectivity index (χ3n) is 1.14. The molecule has 0 aromatic rings. The lowest BCUT2D eigenvalue weighted by Gasteiger charge is -1.85. The van der Waals surface area contributed by atoms with Crippen molar-refractivity contribution in [3.05, 3.63) is 30.1 Å². The standard InChI is InChI=1S/C6H4N3/c1-3-7-4-2-5(1)6-8-9-6/h1-4H/q+1. The van der Waals surface area contributed by atoms with Crippen LogP contribution in [0.25, 0.3) is 0 Å². The summed E-state index contributed by atoms with van der Waals surface area (Å²) in [6, 6.07) is 0. The van der Waals surface area contributed by atoms with Gasteiger partial charge in [0.15, 0.2) is 5.57 Å². The zero-order valence-electron chi connectivity index (χ0n) is 4.65. The summed E-state index contributed by atoms with van der Waals surface area (Å²) in [5, 5.41) is 7.37. The van der Waals surface area contributed by atoms with Crippen LogP contribution in [0.15, 0.2) is 38.9 Å². The summed E-state index contributed by atoms with van der Waals surface area (Å²) in [4.78, 5) is 3.86. The summed E-state index contributed by atoms with van der Waals surface area (Å²) in [6.07, 6.45) is 7.22. The molecule has 0 radical (unpaired) electrons. The van der Waals surface area contributed by atoms with Crippen molar-refractivity contribution in [3.8, 4) is 0 Å². The van der Waals surface area contributed by atoms with Gasteiger partial charge in [-0.15, -0.1) is 0 Å². The zero-order chi connectivity index (χ0) is 6.10. The van der Waals surface area contributed by atoms with Crippen molar-refractivity contribution in [2.75, 3.05) is 0 Å². The summed E-state index contributed by atoms with van der Waals surface area (Å²) < 4.78 is 0. The van der Waals surface area contributed by atoms with Crippen molar-refractivity contribution in [2.45, 2.75) is 0 Å². The highest BCUT2D eigenvalue weighted by molar-refractivity contribution is 5.77. The molecule has 0 unspecified atom stereocenters. The Balaban J connectivity index is 2.25. The van der Waals surface area contributed by atoms with Crippen molar-refractivity contribution >= 4 is 6.21 Å². The second-order valence-electron chi connectivity index (χ2n) is 1.76. The van der Waals surface area contributed by atoms with Crippen molar-refractivity contribution < 1.29 is 0 Å². The van der Waals surface area contributed by atoms with E-state index in [9.17, 15) is 0 Å². The van der Waals surface area contributed by atoms with E-state index in [4.69, 9.17) is 0 Å². The maximum absolute atomic E-state index is 3.86. The highest BCUT2D eigenvalue weighted by atomic mass is 15.3. The molecule has 0 saturated heterocycles. The van der Waals surface area contributed by atoms with Crippen LogP contribution in [0.1, 0.15) is 0 Å². The van der Waals surface area contributed by atoms with Gasteiger partial charge in [0.25, 0.3) is 0 Å². The molecule has 0 spiro atoms. The van der Waals surface area contributed by atoms with Crippen LogP contribution in [0, 0.1) is 6.42 Å². The first-order valence-electron chi connectivity index (χ1n) is 2.66. The Morgan fingerprint density at radius 2 is 2.22 bits per heavy atom. The molecule has 0 amide bonds. The summed E-state index contributed by atoms with van der Waals surface area (Å²) in [7, 11) is 0. The van der Waals surface area contributed by atoms with E-state index < -0.39 is 0 Å². The lowest BCUT2D eigenvalue weighted by Crippen LogP contribution is -1.86. The summed E-state index contributed by atoms with van der Waals surface area (Å²) in [5.74, 6) is 0.831. The van der Waals surface area contributed by atoms with Crippen LogP contribution in [-0.2, 0) is 0 Å². The van der Waals surface area contributed by atoms with Gasteiger partial charge >= 0.3 is 5.82 Å². The summed E-state index contributed by atoms with van der Waals surface area (Å²) >= 11 is 0. The van der Waals surface area contributed by atoms with E-state index in [2.05, 4.69) is 15.2 Å². The van der Waals surface area contributed by atoms with Crippen LogP contribution in [0.4, 0.5) is 0 Å². The largest absolute Gasteiger partial charge is 0.313 e. The van der Waals surface area contributed by atoms with Gasteiger partial charge in [0.2, 0.25) is 0 Å². The maximum atomic E-state index is 3.86. The normalized spacial score (nSPS) is 20.4. The Hall–Kier alpha value is -1.38. The van der Waals surface area contributed by atoms with Gasteiger partial charge in [0.05, 0.1) is 24.9 Å². The van der Waals surface area contributed by atoms with Gasteiger partial charge < -0.3 is 0 Å². The second kappa shape index (κ2) is 1.55.